The molecule has 0 fully saturated rings. The Bertz CT molecular complexity index is 2070. The molecule has 0 heterocycles. The minimum absolute atomic E-state index is 1.13. The van der Waals surface area contributed by atoms with Crippen molar-refractivity contribution in [1.82, 2.24) is 0 Å². The van der Waals surface area contributed by atoms with E-state index >= 15 is 0 Å². The van der Waals surface area contributed by atoms with Gasteiger partial charge in [-0.2, -0.15) is 0 Å². The molecule has 7 aromatic carbocycles. The van der Waals surface area contributed by atoms with Gasteiger partial charge in [0.1, 0.15) is 0 Å². The number of benzene rings is 7. The van der Waals surface area contributed by atoms with Crippen molar-refractivity contribution in [2.75, 3.05) is 9.80 Å². The van der Waals surface area contributed by atoms with E-state index in [1.54, 1.807) is 0 Å². The van der Waals surface area contributed by atoms with Gasteiger partial charge in [0.15, 0.2) is 0 Å². The highest BCUT2D eigenvalue weighted by Crippen LogP contribution is 2.38. The summed E-state index contributed by atoms with van der Waals surface area (Å²) in [7, 11) is 0. The molecular formula is C46H38N2. The largest absolute Gasteiger partial charge is 0.311 e. The van der Waals surface area contributed by atoms with Gasteiger partial charge < -0.3 is 9.80 Å². The molecule has 0 spiro atoms. The zero-order valence-electron chi connectivity index (χ0n) is 27.4. The van der Waals surface area contributed by atoms with Crippen LogP contribution in [0.25, 0.3) is 23.3 Å². The standard InChI is InChI=1S/C46H38N2/c1-35-12-11-18-45(34-35)48(46-19-10-9-13-36(46)2)44-32-28-40(29-33-44)39-26-22-37(23-27-39)20-21-38-24-30-43(31-25-38)47(41-14-5-3-6-15-41)42-16-7-4-8-17-42/h3-34H,1-2H3/b21-20+. The van der Waals surface area contributed by atoms with E-state index in [2.05, 4.69) is 218 Å². The summed E-state index contributed by atoms with van der Waals surface area (Å²) in [6, 6.07) is 64.6. The number of para-hydroxylation sites is 3. The van der Waals surface area contributed by atoms with Gasteiger partial charge in [-0.05, 0) is 114 Å². The van der Waals surface area contributed by atoms with Crippen LogP contribution in [0.1, 0.15) is 22.3 Å². The fourth-order valence-electron chi connectivity index (χ4n) is 6.13. The highest BCUT2D eigenvalue weighted by Gasteiger charge is 2.15. The molecule has 0 amide bonds. The molecule has 0 aliphatic rings. The summed E-state index contributed by atoms with van der Waals surface area (Å²) in [6.07, 6.45) is 4.35. The Kier molecular flexibility index (Phi) is 8.97. The van der Waals surface area contributed by atoms with E-state index in [1.165, 1.54) is 33.5 Å². The molecule has 2 nitrogen and oxygen atoms in total. The second kappa shape index (κ2) is 14.1. The van der Waals surface area contributed by atoms with E-state index < -0.39 is 0 Å². The van der Waals surface area contributed by atoms with Crippen LogP contribution in [-0.2, 0) is 0 Å². The molecule has 0 unspecified atom stereocenters. The molecule has 0 saturated heterocycles. The summed E-state index contributed by atoms with van der Waals surface area (Å²) in [5, 5.41) is 0. The van der Waals surface area contributed by atoms with Gasteiger partial charge in [0, 0.05) is 34.1 Å². The maximum Gasteiger partial charge on any atom is 0.0490 e. The Morgan fingerprint density at radius 1 is 0.354 bits per heavy atom. The predicted molar refractivity (Wildman–Crippen MR) is 206 cm³/mol. The van der Waals surface area contributed by atoms with Crippen LogP contribution in [0.15, 0.2) is 182 Å². The van der Waals surface area contributed by atoms with Gasteiger partial charge in [-0.1, -0.05) is 127 Å². The van der Waals surface area contributed by atoms with E-state index in [9.17, 15) is 0 Å². The van der Waals surface area contributed by atoms with Crippen molar-refractivity contribution in [2.24, 2.45) is 0 Å². The first kappa shape index (κ1) is 30.5. The minimum atomic E-state index is 1.13. The quantitative estimate of drug-likeness (QED) is 0.149. The Labute approximate surface area is 284 Å². The van der Waals surface area contributed by atoms with Crippen molar-refractivity contribution < 1.29 is 0 Å². The summed E-state index contributed by atoms with van der Waals surface area (Å²) in [5.41, 5.74) is 14.1. The zero-order chi connectivity index (χ0) is 32.7. The van der Waals surface area contributed by atoms with Crippen molar-refractivity contribution in [3.05, 3.63) is 204 Å². The topological polar surface area (TPSA) is 6.48 Å². The SMILES string of the molecule is Cc1cccc(N(c2ccc(-c3ccc(/C=C/c4ccc(N(c5ccccc5)c5ccccc5)cc4)cc3)cc2)c2ccccc2C)c1. The predicted octanol–water partition coefficient (Wildman–Crippen LogP) is 13.1. The molecule has 48 heavy (non-hydrogen) atoms. The smallest absolute Gasteiger partial charge is 0.0490 e. The van der Waals surface area contributed by atoms with Gasteiger partial charge >= 0.3 is 0 Å². The van der Waals surface area contributed by atoms with Crippen molar-refractivity contribution in [3.63, 3.8) is 0 Å². The summed E-state index contributed by atoms with van der Waals surface area (Å²) in [5.74, 6) is 0. The number of anilines is 6. The van der Waals surface area contributed by atoms with Gasteiger partial charge in [0.25, 0.3) is 0 Å². The molecule has 0 aromatic heterocycles. The molecule has 0 radical (unpaired) electrons. The molecular weight excluding hydrogens is 581 g/mol. The summed E-state index contributed by atoms with van der Waals surface area (Å²) < 4.78 is 0. The number of hydrogen-bond donors (Lipinski definition) is 0. The van der Waals surface area contributed by atoms with E-state index in [0.29, 0.717) is 0 Å². The second-order valence-electron chi connectivity index (χ2n) is 12.1. The Hall–Kier alpha value is -6.12. The molecule has 7 rings (SSSR count). The van der Waals surface area contributed by atoms with Crippen LogP contribution in [-0.4, -0.2) is 0 Å². The third-order valence-corrected chi connectivity index (χ3v) is 8.63. The van der Waals surface area contributed by atoms with Crippen LogP contribution < -0.4 is 9.80 Å². The first-order valence-electron chi connectivity index (χ1n) is 16.4. The third-order valence-electron chi connectivity index (χ3n) is 8.63. The van der Waals surface area contributed by atoms with E-state index in [-0.39, 0.29) is 0 Å². The molecule has 232 valence electrons. The molecule has 0 aliphatic carbocycles. The molecule has 2 heteroatoms. The molecule has 7 aromatic rings. The van der Waals surface area contributed by atoms with Gasteiger partial charge in [0.2, 0.25) is 0 Å². The highest BCUT2D eigenvalue weighted by molar-refractivity contribution is 5.81. The molecule has 0 saturated carbocycles. The van der Waals surface area contributed by atoms with Crippen LogP contribution in [0.4, 0.5) is 34.1 Å². The second-order valence-corrected chi connectivity index (χ2v) is 12.1. The lowest BCUT2D eigenvalue weighted by molar-refractivity contribution is 1.24. The molecule has 0 N–H and O–H groups in total. The molecule has 0 aliphatic heterocycles. The normalized spacial score (nSPS) is 11.0. The van der Waals surface area contributed by atoms with Gasteiger partial charge in [-0.3, -0.25) is 0 Å². The number of aryl methyl sites for hydroxylation is 2. The van der Waals surface area contributed by atoms with Gasteiger partial charge in [-0.15, -0.1) is 0 Å². The Morgan fingerprint density at radius 3 is 1.35 bits per heavy atom. The zero-order valence-corrected chi connectivity index (χ0v) is 27.4. The first-order valence-corrected chi connectivity index (χ1v) is 16.4. The van der Waals surface area contributed by atoms with Crippen LogP contribution in [0.3, 0.4) is 0 Å². The van der Waals surface area contributed by atoms with Crippen molar-refractivity contribution >= 4 is 46.3 Å². The fourth-order valence-corrected chi connectivity index (χ4v) is 6.13. The van der Waals surface area contributed by atoms with Crippen LogP contribution in [0.2, 0.25) is 0 Å². The first-order chi connectivity index (χ1) is 23.6. The van der Waals surface area contributed by atoms with E-state index in [4.69, 9.17) is 0 Å². The van der Waals surface area contributed by atoms with Crippen molar-refractivity contribution in [2.45, 2.75) is 13.8 Å². The summed E-state index contributed by atoms with van der Waals surface area (Å²) >= 11 is 0. The summed E-state index contributed by atoms with van der Waals surface area (Å²) in [6.45, 7) is 4.31. The average Bonchev–Trinajstić information content (AvgIpc) is 3.14. The highest BCUT2D eigenvalue weighted by atomic mass is 15.1. The van der Waals surface area contributed by atoms with Crippen molar-refractivity contribution in [1.29, 1.82) is 0 Å². The summed E-state index contributed by atoms with van der Waals surface area (Å²) in [4.78, 5) is 4.62. The van der Waals surface area contributed by atoms with Crippen LogP contribution in [0.5, 0.6) is 0 Å². The number of nitrogens with zero attached hydrogens (tertiary/aromatic N) is 2. The Balaban J connectivity index is 1.08. The maximum atomic E-state index is 2.34. The minimum Gasteiger partial charge on any atom is -0.311 e. The molecule has 0 atom stereocenters. The van der Waals surface area contributed by atoms with E-state index in [1.807, 2.05) is 0 Å². The third kappa shape index (κ3) is 6.84. The van der Waals surface area contributed by atoms with Crippen LogP contribution in [0, 0.1) is 13.8 Å². The van der Waals surface area contributed by atoms with Crippen molar-refractivity contribution in [3.8, 4) is 11.1 Å². The van der Waals surface area contributed by atoms with E-state index in [0.717, 1.165) is 34.0 Å². The lowest BCUT2D eigenvalue weighted by atomic mass is 10.0. The average molecular weight is 619 g/mol. The lowest BCUT2D eigenvalue weighted by Crippen LogP contribution is -2.11. The molecule has 0 bridgehead atoms. The lowest BCUT2D eigenvalue weighted by Gasteiger charge is -2.27. The number of hydrogen-bond acceptors (Lipinski definition) is 2. The Morgan fingerprint density at radius 2 is 0.792 bits per heavy atom. The van der Waals surface area contributed by atoms with Gasteiger partial charge in [0.05, 0.1) is 0 Å². The maximum absolute atomic E-state index is 2.34. The fraction of sp³-hybridized carbons (Fsp3) is 0.0435. The number of rotatable bonds is 9. The van der Waals surface area contributed by atoms with Crippen LogP contribution >= 0.6 is 0 Å². The van der Waals surface area contributed by atoms with Gasteiger partial charge in [-0.25, -0.2) is 0 Å². The monoisotopic (exact) mass is 618 g/mol.